The predicted molar refractivity (Wildman–Crippen MR) is 69.2 cm³/mol. The van der Waals surface area contributed by atoms with Gasteiger partial charge in [-0.3, -0.25) is 4.79 Å². The van der Waals surface area contributed by atoms with E-state index in [-0.39, 0.29) is 28.5 Å². The molecule has 0 bridgehead atoms. The van der Waals surface area contributed by atoms with Crippen LogP contribution in [-0.2, 0) is 0 Å². The van der Waals surface area contributed by atoms with Crippen molar-refractivity contribution < 1.29 is 22.4 Å². The molecule has 0 aromatic heterocycles. The van der Waals surface area contributed by atoms with Crippen LogP contribution < -0.4 is 0 Å². The van der Waals surface area contributed by atoms with Gasteiger partial charge in [0.05, 0.1) is 12.1 Å². The molecule has 1 aliphatic heterocycles. The summed E-state index contributed by atoms with van der Waals surface area (Å²) in [7, 11) is 0. The monoisotopic (exact) mass is 387 g/mol. The van der Waals surface area contributed by atoms with Crippen molar-refractivity contribution in [2.45, 2.75) is 18.8 Å². The number of halogens is 5. The molecule has 0 radical (unpaired) electrons. The Labute approximate surface area is 120 Å². The Kier molecular flexibility index (Phi) is 4.03. The van der Waals surface area contributed by atoms with Crippen LogP contribution in [0.1, 0.15) is 23.2 Å². The Morgan fingerprint density at radius 3 is 2.58 bits per heavy atom. The maximum Gasteiger partial charge on any atom is 0.265 e. The first-order chi connectivity index (χ1) is 8.80. The van der Waals surface area contributed by atoms with Gasteiger partial charge in [0.2, 0.25) is 0 Å². The van der Waals surface area contributed by atoms with Crippen LogP contribution in [0.4, 0.5) is 17.6 Å². The highest BCUT2D eigenvalue weighted by molar-refractivity contribution is 14.1. The number of hydrogen-bond acceptors (Lipinski definition) is 1. The molecule has 0 atom stereocenters. The van der Waals surface area contributed by atoms with Crippen LogP contribution in [0.5, 0.6) is 0 Å². The van der Waals surface area contributed by atoms with E-state index in [1.54, 1.807) is 22.6 Å². The minimum absolute atomic E-state index is 0.0751. The lowest BCUT2D eigenvalue weighted by atomic mass is 10.1. The molecule has 2 rings (SSSR count). The summed E-state index contributed by atoms with van der Waals surface area (Å²) < 4.78 is 53.2. The third kappa shape index (κ3) is 3.18. The Morgan fingerprint density at radius 2 is 1.95 bits per heavy atom. The normalized spacial score (nSPS) is 18.5. The second kappa shape index (κ2) is 5.26. The molecular weight excluding hydrogens is 377 g/mol. The van der Waals surface area contributed by atoms with Crippen LogP contribution in [0.25, 0.3) is 0 Å². The van der Waals surface area contributed by atoms with Crippen LogP contribution in [0.15, 0.2) is 12.1 Å². The Hall–Kier alpha value is -0.860. The zero-order valence-electron chi connectivity index (χ0n) is 9.73. The average molecular weight is 387 g/mol. The van der Waals surface area contributed by atoms with E-state index in [9.17, 15) is 22.4 Å². The molecule has 1 aromatic rings. The lowest BCUT2D eigenvalue weighted by molar-refractivity contribution is -0.0561. The van der Waals surface area contributed by atoms with Gasteiger partial charge in [0.15, 0.2) is 0 Å². The van der Waals surface area contributed by atoms with E-state index in [0.717, 1.165) is 11.0 Å². The van der Waals surface area contributed by atoms with E-state index in [1.165, 1.54) is 0 Å². The van der Waals surface area contributed by atoms with Gasteiger partial charge in [0.25, 0.3) is 11.8 Å². The van der Waals surface area contributed by atoms with Gasteiger partial charge in [-0.25, -0.2) is 17.6 Å². The summed E-state index contributed by atoms with van der Waals surface area (Å²) in [6.07, 6.45) is -0.112. The lowest BCUT2D eigenvalue weighted by Gasteiger charge is -2.32. The van der Waals surface area contributed by atoms with Crippen molar-refractivity contribution in [3.8, 4) is 0 Å². The van der Waals surface area contributed by atoms with Crippen molar-refractivity contribution in [3.05, 3.63) is 32.9 Å². The van der Waals surface area contributed by atoms with Gasteiger partial charge in [-0.05, 0) is 35.1 Å². The number of benzene rings is 1. The maximum atomic E-state index is 13.6. The van der Waals surface area contributed by atoms with Gasteiger partial charge in [-0.1, -0.05) is 0 Å². The van der Waals surface area contributed by atoms with Gasteiger partial charge in [-0.15, -0.1) is 0 Å². The fraction of sp³-hybridized carbons (Fsp3) is 0.417. The minimum Gasteiger partial charge on any atom is -0.333 e. The first-order valence-corrected chi connectivity index (χ1v) is 6.70. The van der Waals surface area contributed by atoms with Crippen molar-refractivity contribution in [1.29, 1.82) is 0 Å². The van der Waals surface area contributed by atoms with Crippen molar-refractivity contribution in [2.24, 2.45) is 0 Å². The van der Waals surface area contributed by atoms with Crippen LogP contribution in [-0.4, -0.2) is 29.8 Å². The van der Waals surface area contributed by atoms with Gasteiger partial charge < -0.3 is 4.90 Å². The first kappa shape index (κ1) is 14.5. The molecule has 0 unspecified atom stereocenters. The SMILES string of the molecule is O=C(c1cc(I)c(F)cc1F)N1CCCC(F)(F)C1. The summed E-state index contributed by atoms with van der Waals surface area (Å²) >= 11 is 1.62. The molecule has 104 valence electrons. The topological polar surface area (TPSA) is 20.3 Å². The van der Waals surface area contributed by atoms with E-state index < -0.39 is 30.0 Å². The summed E-state index contributed by atoms with van der Waals surface area (Å²) in [4.78, 5) is 12.9. The molecule has 1 fully saturated rings. The number of piperidine rings is 1. The molecule has 19 heavy (non-hydrogen) atoms. The second-order valence-electron chi connectivity index (χ2n) is 4.43. The summed E-state index contributed by atoms with van der Waals surface area (Å²) in [5.74, 6) is -5.58. The standard InChI is InChI=1S/C12H10F4INO/c13-8-5-9(14)10(17)4-7(8)11(19)18-3-1-2-12(15,16)6-18/h4-5H,1-3,6H2. The van der Waals surface area contributed by atoms with Crippen molar-refractivity contribution >= 4 is 28.5 Å². The highest BCUT2D eigenvalue weighted by Crippen LogP contribution is 2.28. The largest absolute Gasteiger partial charge is 0.333 e. The van der Waals surface area contributed by atoms with Gasteiger partial charge in [-0.2, -0.15) is 0 Å². The molecule has 0 saturated carbocycles. The maximum absolute atomic E-state index is 13.6. The van der Waals surface area contributed by atoms with Gasteiger partial charge >= 0.3 is 0 Å². The van der Waals surface area contributed by atoms with Gasteiger partial charge in [0, 0.05) is 22.6 Å². The molecule has 1 aromatic carbocycles. The third-order valence-electron chi connectivity index (χ3n) is 2.92. The van der Waals surface area contributed by atoms with E-state index in [1.807, 2.05) is 0 Å². The van der Waals surface area contributed by atoms with Crippen molar-refractivity contribution in [1.82, 2.24) is 4.90 Å². The zero-order valence-corrected chi connectivity index (χ0v) is 11.9. The number of carbonyl (C=O) groups excluding carboxylic acids is 1. The molecule has 0 N–H and O–H groups in total. The number of rotatable bonds is 1. The van der Waals surface area contributed by atoms with Crippen molar-refractivity contribution in [3.63, 3.8) is 0 Å². The third-order valence-corrected chi connectivity index (χ3v) is 3.75. The van der Waals surface area contributed by atoms with Gasteiger partial charge in [0.1, 0.15) is 11.6 Å². The molecular formula is C12H10F4INO. The Morgan fingerprint density at radius 1 is 1.26 bits per heavy atom. The number of hydrogen-bond donors (Lipinski definition) is 0. The van der Waals surface area contributed by atoms with E-state index in [0.29, 0.717) is 6.07 Å². The first-order valence-electron chi connectivity index (χ1n) is 5.62. The van der Waals surface area contributed by atoms with Crippen LogP contribution in [0, 0.1) is 15.2 Å². The van der Waals surface area contributed by atoms with Crippen molar-refractivity contribution in [2.75, 3.05) is 13.1 Å². The number of carbonyl (C=O) groups is 1. The quantitative estimate of drug-likeness (QED) is 0.411. The molecule has 7 heteroatoms. The molecule has 0 spiro atoms. The Bertz CT molecular complexity index is 521. The summed E-state index contributed by atoms with van der Waals surface area (Å²) in [5.41, 5.74) is -0.372. The summed E-state index contributed by atoms with van der Waals surface area (Å²) in [6, 6.07) is 1.64. The van der Waals surface area contributed by atoms with Crippen LogP contribution in [0.3, 0.4) is 0 Å². The Balaban J connectivity index is 2.27. The van der Waals surface area contributed by atoms with E-state index in [4.69, 9.17) is 0 Å². The molecule has 2 nitrogen and oxygen atoms in total. The minimum atomic E-state index is -2.95. The number of likely N-dealkylation sites (tertiary alicyclic amines) is 1. The fourth-order valence-electron chi connectivity index (χ4n) is 2.00. The van der Waals surface area contributed by atoms with E-state index in [2.05, 4.69) is 0 Å². The summed E-state index contributed by atoms with van der Waals surface area (Å²) in [6.45, 7) is -0.568. The number of amides is 1. The molecule has 0 aliphatic carbocycles. The molecule has 1 heterocycles. The fourth-order valence-corrected chi connectivity index (χ4v) is 2.46. The molecule has 1 amide bonds. The predicted octanol–water partition coefficient (Wildman–Crippen LogP) is 3.44. The zero-order chi connectivity index (χ0) is 14.2. The average Bonchev–Trinajstić information content (AvgIpc) is 2.31. The van der Waals surface area contributed by atoms with Crippen LogP contribution in [0.2, 0.25) is 0 Å². The summed E-state index contributed by atoms with van der Waals surface area (Å²) in [5, 5.41) is 0. The smallest absolute Gasteiger partial charge is 0.265 e. The highest BCUT2D eigenvalue weighted by Gasteiger charge is 2.37. The van der Waals surface area contributed by atoms with Crippen LogP contribution >= 0.6 is 22.6 Å². The highest BCUT2D eigenvalue weighted by atomic mass is 127. The van der Waals surface area contributed by atoms with E-state index >= 15 is 0 Å². The number of alkyl halides is 2. The molecule has 1 aliphatic rings. The lowest BCUT2D eigenvalue weighted by Crippen LogP contribution is -2.45. The molecule has 1 saturated heterocycles. The second-order valence-corrected chi connectivity index (χ2v) is 5.59. The number of nitrogens with zero attached hydrogens (tertiary/aromatic N) is 1.